The number of rotatable bonds is 5. The molecule has 0 aromatic carbocycles. The second-order valence-corrected chi connectivity index (χ2v) is 5.09. The van der Waals surface area contributed by atoms with E-state index in [2.05, 4.69) is 36.1 Å². The van der Waals surface area contributed by atoms with Crippen LogP contribution in [0.5, 0.6) is 0 Å². The van der Waals surface area contributed by atoms with E-state index in [1.165, 1.54) is 18.5 Å². The molecule has 17 heavy (non-hydrogen) atoms. The highest BCUT2D eigenvalue weighted by molar-refractivity contribution is 5.25. The minimum absolute atomic E-state index is 0.484. The molecule has 4 nitrogen and oxygen atoms in total. The molecule has 1 N–H and O–H groups in total. The first-order valence-corrected chi connectivity index (χ1v) is 6.62. The number of hydrogen-bond donors (Lipinski definition) is 1. The van der Waals surface area contributed by atoms with Crippen molar-refractivity contribution < 1.29 is 4.52 Å². The third-order valence-corrected chi connectivity index (χ3v) is 3.21. The molecule has 2 heterocycles. The molecule has 1 aromatic rings. The van der Waals surface area contributed by atoms with Crippen molar-refractivity contribution in [3.8, 4) is 0 Å². The van der Waals surface area contributed by atoms with Gasteiger partial charge in [-0.15, -0.1) is 0 Å². The van der Waals surface area contributed by atoms with Gasteiger partial charge in [0.05, 0.1) is 0 Å². The fraction of sp³-hybridized carbons (Fsp3) is 0.769. The molecule has 0 aliphatic carbocycles. The summed E-state index contributed by atoms with van der Waals surface area (Å²) in [6.45, 7) is 10.6. The maximum atomic E-state index is 5.43. The number of nitrogens with one attached hydrogen (secondary N) is 1. The second kappa shape index (κ2) is 5.65. The van der Waals surface area contributed by atoms with Gasteiger partial charge in [-0.3, -0.25) is 4.90 Å². The van der Waals surface area contributed by atoms with E-state index >= 15 is 0 Å². The zero-order chi connectivity index (χ0) is 12.3. The van der Waals surface area contributed by atoms with Crippen LogP contribution in [0.1, 0.15) is 44.2 Å². The van der Waals surface area contributed by atoms with E-state index < -0.39 is 0 Å². The zero-order valence-corrected chi connectivity index (χ0v) is 11.1. The molecule has 0 radical (unpaired) electrons. The Bertz CT molecular complexity index is 360. The van der Waals surface area contributed by atoms with Crippen LogP contribution in [-0.2, 0) is 19.5 Å². The molecule has 0 bridgehead atoms. The lowest BCUT2D eigenvalue weighted by molar-refractivity contribution is 0.237. The van der Waals surface area contributed by atoms with Gasteiger partial charge >= 0.3 is 0 Å². The van der Waals surface area contributed by atoms with Crippen molar-refractivity contribution >= 4 is 0 Å². The number of aromatic nitrogens is 1. The predicted octanol–water partition coefficient (Wildman–Crippen LogP) is 1.94. The second-order valence-electron chi connectivity index (χ2n) is 5.09. The fourth-order valence-corrected chi connectivity index (χ4v) is 2.27. The Morgan fingerprint density at radius 1 is 1.47 bits per heavy atom. The molecule has 1 aliphatic heterocycles. The van der Waals surface area contributed by atoms with E-state index in [4.69, 9.17) is 4.52 Å². The summed E-state index contributed by atoms with van der Waals surface area (Å²) in [5.41, 5.74) is 2.41. The Labute approximate surface area is 103 Å². The largest absolute Gasteiger partial charge is 0.361 e. The van der Waals surface area contributed by atoms with Crippen LogP contribution in [0.3, 0.4) is 0 Å². The first-order chi connectivity index (χ1) is 8.20. The minimum Gasteiger partial charge on any atom is -0.361 e. The fourth-order valence-electron chi connectivity index (χ4n) is 2.27. The summed E-state index contributed by atoms with van der Waals surface area (Å²) >= 11 is 0. The molecular formula is C13H23N3O. The average Bonchev–Trinajstić information content (AvgIpc) is 2.69. The first kappa shape index (κ1) is 12.6. The Morgan fingerprint density at radius 2 is 2.29 bits per heavy atom. The van der Waals surface area contributed by atoms with Gasteiger partial charge < -0.3 is 9.84 Å². The molecule has 0 saturated heterocycles. The van der Waals surface area contributed by atoms with Crippen LogP contribution in [0.25, 0.3) is 0 Å². The van der Waals surface area contributed by atoms with Gasteiger partial charge in [-0.05, 0) is 13.0 Å². The lowest BCUT2D eigenvalue weighted by Crippen LogP contribution is -2.31. The summed E-state index contributed by atoms with van der Waals surface area (Å²) in [4.78, 5) is 2.48. The predicted molar refractivity (Wildman–Crippen MR) is 67.8 cm³/mol. The van der Waals surface area contributed by atoms with E-state index in [1.54, 1.807) is 0 Å². The minimum atomic E-state index is 0.484. The van der Waals surface area contributed by atoms with Gasteiger partial charge in [0, 0.05) is 37.7 Å². The molecule has 0 fully saturated rings. The lowest BCUT2D eigenvalue weighted by Gasteiger charge is -2.25. The van der Waals surface area contributed by atoms with E-state index in [-0.39, 0.29) is 0 Å². The summed E-state index contributed by atoms with van der Waals surface area (Å²) in [6, 6.07) is 0.484. The molecule has 0 amide bonds. The number of nitrogens with zero attached hydrogens (tertiary/aromatic N) is 2. The molecule has 96 valence electrons. The molecule has 2 rings (SSSR count). The molecule has 1 aliphatic rings. The van der Waals surface area contributed by atoms with Crippen molar-refractivity contribution in [2.75, 3.05) is 13.1 Å². The standard InChI is InChI=1S/C13H23N3O/c1-4-6-16-7-5-13-11(9-16)12(15-17-13)8-14-10(2)3/h10,14H,4-9H2,1-3H3. The summed E-state index contributed by atoms with van der Waals surface area (Å²) in [6.07, 6.45) is 2.21. The molecule has 4 heteroatoms. The zero-order valence-electron chi connectivity index (χ0n) is 11.1. The third kappa shape index (κ3) is 3.07. The quantitative estimate of drug-likeness (QED) is 0.849. The van der Waals surface area contributed by atoms with Gasteiger partial charge in [0.25, 0.3) is 0 Å². The maximum absolute atomic E-state index is 5.43. The van der Waals surface area contributed by atoms with Crippen LogP contribution in [0, 0.1) is 0 Å². The Kier molecular flexibility index (Phi) is 4.18. The van der Waals surface area contributed by atoms with Gasteiger partial charge in [0.2, 0.25) is 0 Å². The van der Waals surface area contributed by atoms with Crippen molar-refractivity contribution in [2.24, 2.45) is 0 Å². The molecule has 1 aromatic heterocycles. The van der Waals surface area contributed by atoms with Crippen molar-refractivity contribution in [3.63, 3.8) is 0 Å². The molecular weight excluding hydrogens is 214 g/mol. The van der Waals surface area contributed by atoms with E-state index in [0.717, 1.165) is 37.5 Å². The van der Waals surface area contributed by atoms with Crippen molar-refractivity contribution in [1.82, 2.24) is 15.4 Å². The number of hydrogen-bond acceptors (Lipinski definition) is 4. The van der Waals surface area contributed by atoms with Crippen LogP contribution in [0.4, 0.5) is 0 Å². The van der Waals surface area contributed by atoms with Crippen LogP contribution < -0.4 is 5.32 Å². The molecule has 0 spiro atoms. The van der Waals surface area contributed by atoms with Crippen LogP contribution in [-0.4, -0.2) is 29.2 Å². The third-order valence-electron chi connectivity index (χ3n) is 3.21. The lowest BCUT2D eigenvalue weighted by atomic mass is 10.1. The van der Waals surface area contributed by atoms with Gasteiger partial charge in [-0.25, -0.2) is 0 Å². The molecule has 0 unspecified atom stereocenters. The smallest absolute Gasteiger partial charge is 0.142 e. The van der Waals surface area contributed by atoms with Crippen molar-refractivity contribution in [3.05, 3.63) is 17.0 Å². The Balaban J connectivity index is 2.03. The SMILES string of the molecule is CCCN1CCc2onc(CNC(C)C)c2C1. The average molecular weight is 237 g/mol. The number of fused-ring (bicyclic) bond motifs is 1. The van der Waals surface area contributed by atoms with Gasteiger partial charge in [-0.2, -0.15) is 0 Å². The van der Waals surface area contributed by atoms with Crippen molar-refractivity contribution in [2.45, 2.75) is 52.7 Å². The summed E-state index contributed by atoms with van der Waals surface area (Å²) in [5, 5.41) is 7.60. The summed E-state index contributed by atoms with van der Waals surface area (Å²) in [5.74, 6) is 1.10. The topological polar surface area (TPSA) is 41.3 Å². The van der Waals surface area contributed by atoms with E-state index in [0.29, 0.717) is 6.04 Å². The van der Waals surface area contributed by atoms with Crippen molar-refractivity contribution in [1.29, 1.82) is 0 Å². The highest BCUT2D eigenvalue weighted by Gasteiger charge is 2.23. The van der Waals surface area contributed by atoms with Crippen LogP contribution in [0.2, 0.25) is 0 Å². The van der Waals surface area contributed by atoms with E-state index in [1.807, 2.05) is 0 Å². The molecule has 0 atom stereocenters. The van der Waals surface area contributed by atoms with Crippen LogP contribution >= 0.6 is 0 Å². The maximum Gasteiger partial charge on any atom is 0.142 e. The Hall–Kier alpha value is -0.870. The summed E-state index contributed by atoms with van der Waals surface area (Å²) in [7, 11) is 0. The highest BCUT2D eigenvalue weighted by Crippen LogP contribution is 2.22. The Morgan fingerprint density at radius 3 is 3.00 bits per heavy atom. The van der Waals surface area contributed by atoms with Gasteiger partial charge in [0.1, 0.15) is 11.5 Å². The highest BCUT2D eigenvalue weighted by atomic mass is 16.5. The normalized spacial score (nSPS) is 16.5. The van der Waals surface area contributed by atoms with Gasteiger partial charge in [-0.1, -0.05) is 25.9 Å². The monoisotopic (exact) mass is 237 g/mol. The van der Waals surface area contributed by atoms with Gasteiger partial charge in [0.15, 0.2) is 0 Å². The first-order valence-electron chi connectivity index (χ1n) is 6.62. The van der Waals surface area contributed by atoms with Crippen LogP contribution in [0.15, 0.2) is 4.52 Å². The van der Waals surface area contributed by atoms with E-state index in [9.17, 15) is 0 Å². The summed E-state index contributed by atoms with van der Waals surface area (Å²) < 4.78 is 5.43. The molecule has 0 saturated carbocycles.